The van der Waals surface area contributed by atoms with Gasteiger partial charge in [-0.1, -0.05) is 6.07 Å². The second kappa shape index (κ2) is 7.44. The third-order valence-corrected chi connectivity index (χ3v) is 6.50. The fraction of sp³-hybridized carbons (Fsp3) is 0.412. The van der Waals surface area contributed by atoms with Crippen LogP contribution in [0.15, 0.2) is 40.3 Å². The summed E-state index contributed by atoms with van der Waals surface area (Å²) in [7, 11) is 0. The number of thioether (sulfide) groups is 1. The monoisotopic (exact) mass is 364 g/mol. The van der Waals surface area contributed by atoms with Crippen molar-refractivity contribution < 1.29 is 14.0 Å². The molecule has 24 heavy (non-hydrogen) atoms. The number of carbonyl (C=O) groups is 2. The normalized spacial score (nSPS) is 20.6. The first-order valence-corrected chi connectivity index (χ1v) is 9.76. The van der Waals surface area contributed by atoms with E-state index >= 15 is 0 Å². The molecule has 1 aliphatic heterocycles. The van der Waals surface area contributed by atoms with Gasteiger partial charge < -0.3 is 14.2 Å². The van der Waals surface area contributed by atoms with Crippen molar-refractivity contribution in [3.8, 4) is 0 Å². The van der Waals surface area contributed by atoms with Gasteiger partial charge in [0.2, 0.25) is 5.91 Å². The molecular weight excluding hydrogens is 344 g/mol. The lowest BCUT2D eigenvalue weighted by molar-refractivity contribution is -0.129. The van der Waals surface area contributed by atoms with Gasteiger partial charge in [0, 0.05) is 24.5 Å². The summed E-state index contributed by atoms with van der Waals surface area (Å²) in [5.41, 5.74) is 0. The van der Waals surface area contributed by atoms with Gasteiger partial charge in [0.15, 0.2) is 5.76 Å². The van der Waals surface area contributed by atoms with Gasteiger partial charge in [-0.25, -0.2) is 0 Å². The molecule has 5 nitrogen and oxygen atoms in total. The van der Waals surface area contributed by atoms with Gasteiger partial charge in [0.05, 0.1) is 11.5 Å². The molecule has 3 rings (SSSR count). The zero-order valence-electron chi connectivity index (χ0n) is 13.7. The molecule has 128 valence electrons. The number of thiophene rings is 1. The van der Waals surface area contributed by atoms with E-state index in [2.05, 4.69) is 6.07 Å². The van der Waals surface area contributed by atoms with E-state index < -0.39 is 0 Å². The number of carbonyl (C=O) groups excluding carboxylic acids is 2. The molecule has 0 unspecified atom stereocenters. The highest BCUT2D eigenvalue weighted by molar-refractivity contribution is 8.01. The number of furan rings is 1. The number of likely N-dealkylation sites (N-methyl/N-ethyl adjacent to an activating group) is 1. The molecule has 0 aromatic carbocycles. The summed E-state index contributed by atoms with van der Waals surface area (Å²) in [4.78, 5) is 29.7. The Kier molecular flexibility index (Phi) is 5.30. The van der Waals surface area contributed by atoms with Crippen LogP contribution in [0.3, 0.4) is 0 Å². The Morgan fingerprint density at radius 3 is 2.83 bits per heavy atom. The van der Waals surface area contributed by atoms with Crippen LogP contribution in [-0.2, 0) is 4.79 Å². The van der Waals surface area contributed by atoms with E-state index in [9.17, 15) is 9.59 Å². The Morgan fingerprint density at radius 1 is 1.38 bits per heavy atom. The average molecular weight is 364 g/mol. The number of hydrogen-bond donors (Lipinski definition) is 0. The van der Waals surface area contributed by atoms with Crippen LogP contribution in [-0.4, -0.2) is 46.5 Å². The first-order valence-electron chi connectivity index (χ1n) is 7.94. The third kappa shape index (κ3) is 3.37. The van der Waals surface area contributed by atoms with E-state index in [1.165, 1.54) is 11.1 Å². The fourth-order valence-corrected chi connectivity index (χ4v) is 5.00. The first kappa shape index (κ1) is 17.1. The number of nitrogens with zero attached hydrogens (tertiary/aromatic N) is 2. The SMILES string of the molecule is CCN(CCN1C(=O)[C@@H](C)S[C@@H]1c1cccs1)C(=O)c1ccco1. The predicted octanol–water partition coefficient (Wildman–Crippen LogP) is 3.47. The molecule has 1 saturated heterocycles. The Morgan fingerprint density at radius 2 is 2.21 bits per heavy atom. The quantitative estimate of drug-likeness (QED) is 0.788. The van der Waals surface area contributed by atoms with Crippen LogP contribution in [0.4, 0.5) is 0 Å². The summed E-state index contributed by atoms with van der Waals surface area (Å²) in [6.45, 7) is 5.48. The van der Waals surface area contributed by atoms with E-state index in [0.29, 0.717) is 25.4 Å². The molecule has 0 saturated carbocycles. The Hall–Kier alpha value is -1.73. The molecule has 7 heteroatoms. The number of hydrogen-bond acceptors (Lipinski definition) is 5. The topological polar surface area (TPSA) is 53.8 Å². The molecule has 0 N–H and O–H groups in total. The van der Waals surface area contributed by atoms with E-state index in [0.717, 1.165) is 0 Å². The Bertz CT molecular complexity index is 685. The molecule has 1 fully saturated rings. The van der Waals surface area contributed by atoms with Crippen LogP contribution in [0.2, 0.25) is 0 Å². The second-order valence-corrected chi connectivity index (χ2v) is 7.94. The van der Waals surface area contributed by atoms with Crippen LogP contribution >= 0.6 is 23.1 Å². The van der Waals surface area contributed by atoms with Crippen molar-refractivity contribution in [2.45, 2.75) is 24.5 Å². The lowest BCUT2D eigenvalue weighted by Crippen LogP contribution is -2.40. The van der Waals surface area contributed by atoms with E-state index in [-0.39, 0.29) is 22.4 Å². The third-order valence-electron chi connectivity index (χ3n) is 4.05. The van der Waals surface area contributed by atoms with Crippen molar-refractivity contribution >= 4 is 34.9 Å². The summed E-state index contributed by atoms with van der Waals surface area (Å²) in [6, 6.07) is 7.44. The molecule has 0 spiro atoms. The van der Waals surface area contributed by atoms with E-state index in [4.69, 9.17) is 4.42 Å². The number of amides is 2. The van der Waals surface area contributed by atoms with Crippen LogP contribution in [0, 0.1) is 0 Å². The fourth-order valence-electron chi connectivity index (χ4n) is 2.74. The highest BCUT2D eigenvalue weighted by Gasteiger charge is 2.39. The van der Waals surface area contributed by atoms with Crippen molar-refractivity contribution in [1.29, 1.82) is 0 Å². The molecule has 2 amide bonds. The Balaban J connectivity index is 1.69. The van der Waals surface area contributed by atoms with Gasteiger partial charge in [-0.2, -0.15) is 0 Å². The van der Waals surface area contributed by atoms with Gasteiger partial charge in [0.25, 0.3) is 5.91 Å². The summed E-state index contributed by atoms with van der Waals surface area (Å²) >= 11 is 3.33. The van der Waals surface area contributed by atoms with Crippen molar-refractivity contribution in [2.75, 3.05) is 19.6 Å². The standard InChI is InChI=1S/C17H20N2O3S2/c1-3-18(16(21)13-6-4-10-22-13)8-9-19-15(20)12(2)24-17(19)14-7-5-11-23-14/h4-7,10-12,17H,3,8-9H2,1-2H3/t12-,17-/m1/s1. The first-order chi connectivity index (χ1) is 11.6. The molecule has 1 aliphatic rings. The molecule has 3 heterocycles. The zero-order chi connectivity index (χ0) is 17.1. The zero-order valence-corrected chi connectivity index (χ0v) is 15.3. The van der Waals surface area contributed by atoms with Gasteiger partial charge in [-0.3, -0.25) is 9.59 Å². The van der Waals surface area contributed by atoms with Crippen molar-refractivity contribution in [3.05, 3.63) is 46.5 Å². The van der Waals surface area contributed by atoms with Crippen molar-refractivity contribution in [2.24, 2.45) is 0 Å². The minimum atomic E-state index is -0.137. The lowest BCUT2D eigenvalue weighted by atomic mass is 10.3. The smallest absolute Gasteiger partial charge is 0.289 e. The maximum Gasteiger partial charge on any atom is 0.289 e. The predicted molar refractivity (Wildman–Crippen MR) is 96.1 cm³/mol. The maximum absolute atomic E-state index is 12.5. The summed E-state index contributed by atoms with van der Waals surface area (Å²) in [5.74, 6) is 0.338. The van der Waals surface area contributed by atoms with Crippen molar-refractivity contribution in [1.82, 2.24) is 9.80 Å². The lowest BCUT2D eigenvalue weighted by Gasteiger charge is -2.27. The van der Waals surface area contributed by atoms with Crippen LogP contribution < -0.4 is 0 Å². The molecule has 0 bridgehead atoms. The minimum absolute atomic E-state index is 0.0462. The minimum Gasteiger partial charge on any atom is -0.459 e. The summed E-state index contributed by atoms with van der Waals surface area (Å²) in [5, 5.41) is 2.03. The van der Waals surface area contributed by atoms with Crippen LogP contribution in [0.5, 0.6) is 0 Å². The van der Waals surface area contributed by atoms with E-state index in [1.54, 1.807) is 40.1 Å². The van der Waals surface area contributed by atoms with Crippen LogP contribution in [0.1, 0.15) is 34.7 Å². The molecule has 0 radical (unpaired) electrons. The highest BCUT2D eigenvalue weighted by atomic mass is 32.2. The van der Waals surface area contributed by atoms with Crippen LogP contribution in [0.25, 0.3) is 0 Å². The molecule has 2 aromatic rings. The average Bonchev–Trinajstić information content (AvgIpc) is 3.32. The maximum atomic E-state index is 12.5. The van der Waals surface area contributed by atoms with Gasteiger partial charge >= 0.3 is 0 Å². The largest absolute Gasteiger partial charge is 0.459 e. The summed E-state index contributed by atoms with van der Waals surface area (Å²) < 4.78 is 5.19. The van der Waals surface area contributed by atoms with Gasteiger partial charge in [-0.15, -0.1) is 23.1 Å². The summed E-state index contributed by atoms with van der Waals surface area (Å²) in [6.07, 6.45) is 1.50. The molecule has 2 atom stereocenters. The van der Waals surface area contributed by atoms with E-state index in [1.807, 2.05) is 30.2 Å². The second-order valence-electron chi connectivity index (χ2n) is 5.54. The Labute approximate surface area is 149 Å². The van der Waals surface area contributed by atoms with Gasteiger partial charge in [-0.05, 0) is 37.4 Å². The van der Waals surface area contributed by atoms with Gasteiger partial charge in [0.1, 0.15) is 5.37 Å². The highest BCUT2D eigenvalue weighted by Crippen LogP contribution is 2.44. The molecular formula is C17H20N2O3S2. The molecule has 2 aromatic heterocycles. The number of rotatable bonds is 6. The molecule has 0 aliphatic carbocycles. The van der Waals surface area contributed by atoms with Crippen molar-refractivity contribution in [3.63, 3.8) is 0 Å².